The average Bonchev–Trinajstić information content (AvgIpc) is 3.02. The molecule has 1 spiro atoms. The van der Waals surface area contributed by atoms with Crippen LogP contribution in [0.4, 0.5) is 4.79 Å². The first kappa shape index (κ1) is 21.6. The molecule has 0 aromatic rings. The average molecular weight is 411 g/mol. The van der Waals surface area contributed by atoms with Crippen LogP contribution in [0.5, 0.6) is 0 Å². The van der Waals surface area contributed by atoms with E-state index in [1.54, 1.807) is 0 Å². The Bertz CT molecular complexity index is 566. The zero-order valence-corrected chi connectivity index (χ0v) is 18.9. The number of rotatable bonds is 6. The minimum atomic E-state index is -1.56. The van der Waals surface area contributed by atoms with Gasteiger partial charge >= 0.3 is 6.09 Å². The first-order valence-electron chi connectivity index (χ1n) is 11.4. The fraction of sp³-hybridized carbons (Fsp3) is 0.905. The van der Waals surface area contributed by atoms with Crippen LogP contribution in [-0.4, -0.2) is 67.0 Å². The highest BCUT2D eigenvalue weighted by molar-refractivity contribution is 6.73. The Hall–Kier alpha value is -1.08. The predicted octanol–water partition coefficient (Wildman–Crippen LogP) is 4.31. The molecule has 1 saturated carbocycles. The van der Waals surface area contributed by atoms with E-state index in [4.69, 9.17) is 4.43 Å². The quantitative estimate of drug-likeness (QED) is 0.662. The third-order valence-corrected chi connectivity index (χ3v) is 12.5. The highest BCUT2D eigenvalue weighted by Crippen LogP contribution is 2.43. The van der Waals surface area contributed by atoms with Crippen LogP contribution in [0.15, 0.2) is 0 Å². The van der Waals surface area contributed by atoms with Gasteiger partial charge in [-0.1, -0.05) is 20.8 Å². The van der Waals surface area contributed by atoms with E-state index < -0.39 is 19.8 Å². The fourth-order valence-corrected chi connectivity index (χ4v) is 8.64. The standard InChI is InChI=1S/C21H38N2O4Si/c1-4-28(5-2,6-3)27-18-10-8-17(9-11-18)23-15-13-21(19(23)24)12-7-14-22(16-21)20(25)26/h17-18H,4-16H2,1-3H3,(H,25,26)/t17-,18-,21-/m0/s1. The van der Waals surface area contributed by atoms with Crippen LogP contribution in [0.1, 0.15) is 65.7 Å². The summed E-state index contributed by atoms with van der Waals surface area (Å²) in [7, 11) is -1.56. The van der Waals surface area contributed by atoms with Crippen LogP contribution in [-0.2, 0) is 9.22 Å². The summed E-state index contributed by atoms with van der Waals surface area (Å²) in [5, 5.41) is 9.36. The largest absolute Gasteiger partial charge is 0.465 e. The van der Waals surface area contributed by atoms with E-state index >= 15 is 0 Å². The van der Waals surface area contributed by atoms with Gasteiger partial charge in [-0.15, -0.1) is 0 Å². The zero-order chi connectivity index (χ0) is 20.4. The maximum absolute atomic E-state index is 13.3. The molecule has 1 N–H and O–H groups in total. The van der Waals surface area contributed by atoms with Crippen molar-refractivity contribution in [2.75, 3.05) is 19.6 Å². The van der Waals surface area contributed by atoms with Crippen molar-refractivity contribution in [1.82, 2.24) is 9.80 Å². The maximum atomic E-state index is 13.3. The van der Waals surface area contributed by atoms with Gasteiger partial charge in [-0.05, 0) is 63.1 Å². The molecule has 0 aromatic heterocycles. The highest BCUT2D eigenvalue weighted by atomic mass is 28.4. The van der Waals surface area contributed by atoms with Gasteiger partial charge in [-0.2, -0.15) is 0 Å². The van der Waals surface area contributed by atoms with E-state index in [9.17, 15) is 14.7 Å². The van der Waals surface area contributed by atoms with Crippen LogP contribution >= 0.6 is 0 Å². The summed E-state index contributed by atoms with van der Waals surface area (Å²) in [5.41, 5.74) is -0.460. The minimum Gasteiger partial charge on any atom is -0.465 e. The molecular formula is C21H38N2O4Si. The molecule has 2 heterocycles. The van der Waals surface area contributed by atoms with Gasteiger partial charge in [0.1, 0.15) is 0 Å². The number of hydrogen-bond acceptors (Lipinski definition) is 3. The lowest BCUT2D eigenvalue weighted by Crippen LogP contribution is -2.51. The molecule has 2 aliphatic heterocycles. The van der Waals surface area contributed by atoms with Crippen molar-refractivity contribution in [2.45, 2.75) is 96.0 Å². The molecule has 6 nitrogen and oxygen atoms in total. The summed E-state index contributed by atoms with van der Waals surface area (Å²) < 4.78 is 6.68. The van der Waals surface area contributed by atoms with Crippen LogP contribution in [0, 0.1) is 5.41 Å². The van der Waals surface area contributed by atoms with Crippen LogP contribution in [0.25, 0.3) is 0 Å². The van der Waals surface area contributed by atoms with E-state index in [2.05, 4.69) is 25.7 Å². The van der Waals surface area contributed by atoms with E-state index in [-0.39, 0.29) is 5.91 Å². The Morgan fingerprint density at radius 3 is 2.32 bits per heavy atom. The number of nitrogens with zero attached hydrogens (tertiary/aromatic N) is 2. The number of hydrogen-bond donors (Lipinski definition) is 1. The molecule has 3 rings (SSSR count). The second kappa shape index (κ2) is 8.74. The van der Waals surface area contributed by atoms with Crippen LogP contribution < -0.4 is 0 Å². The Balaban J connectivity index is 1.57. The van der Waals surface area contributed by atoms with Gasteiger partial charge in [0.25, 0.3) is 0 Å². The molecule has 1 atom stereocenters. The molecule has 0 bridgehead atoms. The van der Waals surface area contributed by atoms with Crippen molar-refractivity contribution in [3.05, 3.63) is 0 Å². The number of amides is 2. The summed E-state index contributed by atoms with van der Waals surface area (Å²) in [6.45, 7) is 8.56. The molecule has 3 aliphatic rings. The summed E-state index contributed by atoms with van der Waals surface area (Å²) in [6.07, 6.45) is 6.07. The van der Waals surface area contributed by atoms with Gasteiger partial charge in [-0.25, -0.2) is 4.79 Å². The Labute approximate surface area is 170 Å². The first-order chi connectivity index (χ1) is 13.4. The first-order valence-corrected chi connectivity index (χ1v) is 13.9. The van der Waals surface area contributed by atoms with Gasteiger partial charge in [0.2, 0.25) is 5.91 Å². The highest BCUT2D eigenvalue weighted by Gasteiger charge is 2.51. The van der Waals surface area contributed by atoms with Gasteiger partial charge in [0.05, 0.1) is 5.41 Å². The second-order valence-corrected chi connectivity index (χ2v) is 13.9. The SMILES string of the molecule is CC[Si](CC)(CC)O[C@H]1CC[C@H](N2CC[C@]3(CCCN(C(=O)O)C3)C2=O)CC1. The van der Waals surface area contributed by atoms with E-state index in [0.717, 1.165) is 51.5 Å². The summed E-state index contributed by atoms with van der Waals surface area (Å²) in [6, 6.07) is 3.88. The number of piperidine rings is 1. The van der Waals surface area contributed by atoms with Crippen molar-refractivity contribution in [3.8, 4) is 0 Å². The number of carboxylic acid groups (broad SMARTS) is 1. The van der Waals surface area contributed by atoms with Gasteiger partial charge in [0, 0.05) is 31.8 Å². The van der Waals surface area contributed by atoms with Crippen LogP contribution in [0.3, 0.4) is 0 Å². The lowest BCUT2D eigenvalue weighted by atomic mass is 9.78. The van der Waals surface area contributed by atoms with Crippen molar-refractivity contribution in [2.24, 2.45) is 5.41 Å². The smallest absolute Gasteiger partial charge is 0.407 e. The molecule has 1 aliphatic carbocycles. The zero-order valence-electron chi connectivity index (χ0n) is 17.9. The van der Waals surface area contributed by atoms with Crippen molar-refractivity contribution < 1.29 is 19.1 Å². The van der Waals surface area contributed by atoms with Crippen molar-refractivity contribution >= 4 is 20.3 Å². The maximum Gasteiger partial charge on any atom is 0.407 e. The van der Waals surface area contributed by atoms with E-state index in [1.165, 1.54) is 23.0 Å². The Kier molecular flexibility index (Phi) is 6.75. The predicted molar refractivity (Wildman–Crippen MR) is 112 cm³/mol. The molecule has 0 aromatic carbocycles. The summed E-state index contributed by atoms with van der Waals surface area (Å²) in [4.78, 5) is 28.2. The summed E-state index contributed by atoms with van der Waals surface area (Å²) >= 11 is 0. The molecular weight excluding hydrogens is 372 g/mol. The Morgan fingerprint density at radius 2 is 1.75 bits per heavy atom. The van der Waals surface area contributed by atoms with Crippen LogP contribution in [0.2, 0.25) is 18.1 Å². The lowest BCUT2D eigenvalue weighted by molar-refractivity contribution is -0.141. The topological polar surface area (TPSA) is 70.1 Å². The number of carbonyl (C=O) groups excluding carboxylic acids is 1. The van der Waals surface area contributed by atoms with Gasteiger partial charge in [-0.3, -0.25) is 4.79 Å². The number of likely N-dealkylation sites (tertiary alicyclic amines) is 2. The van der Waals surface area contributed by atoms with Gasteiger partial charge in [0.15, 0.2) is 8.32 Å². The third-order valence-electron chi connectivity index (χ3n) is 7.83. The molecule has 2 saturated heterocycles. The van der Waals surface area contributed by atoms with Crippen molar-refractivity contribution in [3.63, 3.8) is 0 Å². The summed E-state index contributed by atoms with van der Waals surface area (Å²) in [5.74, 6) is 0.210. The van der Waals surface area contributed by atoms with Crippen molar-refractivity contribution in [1.29, 1.82) is 0 Å². The Morgan fingerprint density at radius 1 is 1.11 bits per heavy atom. The molecule has 28 heavy (non-hydrogen) atoms. The second-order valence-electron chi connectivity index (χ2n) is 9.13. The molecule has 3 fully saturated rings. The normalized spacial score (nSPS) is 31.6. The third kappa shape index (κ3) is 4.11. The molecule has 0 unspecified atom stereocenters. The monoisotopic (exact) mass is 410 g/mol. The molecule has 160 valence electrons. The molecule has 2 amide bonds. The van der Waals surface area contributed by atoms with E-state index in [1.807, 2.05) is 0 Å². The van der Waals surface area contributed by atoms with E-state index in [0.29, 0.717) is 25.2 Å². The lowest BCUT2D eigenvalue weighted by Gasteiger charge is -2.41. The molecule has 7 heteroatoms. The fourth-order valence-electron chi connectivity index (χ4n) is 5.70. The minimum absolute atomic E-state index is 0.210. The van der Waals surface area contributed by atoms with Gasteiger partial charge < -0.3 is 19.3 Å². The molecule has 0 radical (unpaired) electrons. The number of carbonyl (C=O) groups is 2.